The minimum Gasteiger partial charge on any atom is -0.476 e. The zero-order valence-electron chi connectivity index (χ0n) is 7.40. The van der Waals surface area contributed by atoms with Crippen molar-refractivity contribution in [3.05, 3.63) is 0 Å². The number of aliphatic carboxylic acids is 1. The van der Waals surface area contributed by atoms with Gasteiger partial charge in [-0.05, 0) is 20.8 Å². The summed E-state index contributed by atoms with van der Waals surface area (Å²) in [5.41, 5.74) is -0.560. The molecule has 3 N–H and O–H groups in total. The topological polar surface area (TPSA) is 88.0 Å². The Morgan fingerprint density at radius 2 is 2.00 bits per heavy atom. The predicted molar refractivity (Wildman–Crippen MR) is 47.5 cm³/mol. The molecule has 0 amide bonds. The number of nitrogens with zero attached hydrogens (tertiary/aromatic N) is 2. The summed E-state index contributed by atoms with van der Waals surface area (Å²) in [4.78, 5) is 14.3. The van der Waals surface area contributed by atoms with Crippen LogP contribution in [0.5, 0.6) is 0 Å². The fourth-order valence-electron chi connectivity index (χ4n) is 0.399. The van der Waals surface area contributed by atoms with Gasteiger partial charge in [0, 0.05) is 0 Å². The molecule has 5 heteroatoms. The summed E-state index contributed by atoms with van der Waals surface area (Å²) in [6, 6.07) is 0. The molecule has 0 atom stereocenters. The fourth-order valence-corrected chi connectivity index (χ4v) is 0.399. The van der Waals surface area contributed by atoms with Crippen LogP contribution in [0.3, 0.4) is 0 Å². The highest BCUT2D eigenvalue weighted by molar-refractivity contribution is 6.58. The third-order valence-electron chi connectivity index (χ3n) is 0.932. The van der Waals surface area contributed by atoms with Crippen LogP contribution in [0.25, 0.3) is 0 Å². The van der Waals surface area contributed by atoms with Crippen molar-refractivity contribution in [2.45, 2.75) is 26.3 Å². The van der Waals surface area contributed by atoms with Gasteiger partial charge >= 0.3 is 5.97 Å². The lowest BCUT2D eigenvalue weighted by molar-refractivity contribution is -0.129. The molecule has 0 heterocycles. The average Bonchev–Trinajstić information content (AvgIpc) is 1.85. The predicted octanol–water partition coefficient (Wildman–Crippen LogP) is 0.255. The number of hydrogen-bond acceptors (Lipinski definition) is 4. The van der Waals surface area contributed by atoms with Gasteiger partial charge in [-0.25, -0.2) is 4.79 Å². The van der Waals surface area contributed by atoms with Crippen LogP contribution in [0.1, 0.15) is 20.8 Å². The van der Waals surface area contributed by atoms with Crippen molar-refractivity contribution in [3.8, 4) is 0 Å². The number of carboxylic acid groups (broad SMARTS) is 1. The second-order valence-corrected chi connectivity index (χ2v) is 3.25. The molecule has 0 aromatic carbocycles. The van der Waals surface area contributed by atoms with Gasteiger partial charge in [0.1, 0.15) is 0 Å². The Labute approximate surface area is 71.0 Å². The maximum absolute atomic E-state index is 10.3. The van der Waals surface area contributed by atoms with Crippen LogP contribution >= 0.6 is 0 Å². The zero-order chi connectivity index (χ0) is 9.78. The Balaban J connectivity index is 4.44. The number of carbonyl (C=O) groups is 1. The van der Waals surface area contributed by atoms with Crippen molar-refractivity contribution in [2.24, 2.45) is 15.9 Å². The lowest BCUT2D eigenvalue weighted by atomic mass is 10.1. The van der Waals surface area contributed by atoms with Crippen molar-refractivity contribution in [1.82, 2.24) is 0 Å². The van der Waals surface area contributed by atoms with Crippen molar-refractivity contribution >= 4 is 17.9 Å². The number of aliphatic imine (C=N–C) groups is 1. The van der Waals surface area contributed by atoms with Gasteiger partial charge in [-0.3, -0.25) is 4.99 Å². The van der Waals surface area contributed by atoms with Crippen LogP contribution in [0.15, 0.2) is 10.1 Å². The van der Waals surface area contributed by atoms with Crippen LogP contribution in [0.4, 0.5) is 0 Å². The Morgan fingerprint density at radius 1 is 1.50 bits per heavy atom. The summed E-state index contributed by atoms with van der Waals surface area (Å²) < 4.78 is 0. The largest absolute Gasteiger partial charge is 0.476 e. The quantitative estimate of drug-likeness (QED) is 0.354. The molecule has 0 saturated heterocycles. The minimum absolute atomic E-state index is 0.245. The van der Waals surface area contributed by atoms with Gasteiger partial charge in [-0.2, -0.15) is 5.10 Å². The van der Waals surface area contributed by atoms with Gasteiger partial charge in [0.05, 0.1) is 11.8 Å². The first kappa shape index (κ1) is 10.6. The molecule has 0 bridgehead atoms. The van der Waals surface area contributed by atoms with Crippen molar-refractivity contribution < 1.29 is 9.90 Å². The first-order valence-electron chi connectivity index (χ1n) is 3.43. The van der Waals surface area contributed by atoms with E-state index in [1.807, 2.05) is 20.8 Å². The summed E-state index contributed by atoms with van der Waals surface area (Å²) in [6.45, 7) is 5.54. The molecule has 5 nitrogen and oxygen atoms in total. The SMILES string of the molecule is CC(C)(C)N=CC(=NN)C(=O)O. The highest BCUT2D eigenvalue weighted by Gasteiger charge is 2.09. The molecule has 0 aliphatic heterocycles. The van der Waals surface area contributed by atoms with Crippen LogP contribution in [0.2, 0.25) is 0 Å². The maximum atomic E-state index is 10.3. The zero-order valence-corrected chi connectivity index (χ0v) is 7.40. The van der Waals surface area contributed by atoms with Crippen LogP contribution < -0.4 is 5.84 Å². The van der Waals surface area contributed by atoms with Crippen molar-refractivity contribution in [2.75, 3.05) is 0 Å². The Bertz CT molecular complexity index is 225. The number of carboxylic acids is 1. The van der Waals surface area contributed by atoms with Gasteiger partial charge in [0.25, 0.3) is 0 Å². The molecule has 0 rings (SSSR count). The van der Waals surface area contributed by atoms with Gasteiger partial charge in [-0.1, -0.05) is 0 Å². The summed E-state index contributed by atoms with van der Waals surface area (Å²) in [6.07, 6.45) is 1.16. The van der Waals surface area contributed by atoms with Crippen LogP contribution in [-0.2, 0) is 4.79 Å². The smallest absolute Gasteiger partial charge is 0.357 e. The molecule has 0 spiro atoms. The second-order valence-electron chi connectivity index (χ2n) is 3.25. The summed E-state index contributed by atoms with van der Waals surface area (Å²) in [7, 11) is 0. The molecule has 0 fully saturated rings. The standard InChI is InChI=1S/C7H13N3O2/c1-7(2,3)9-4-5(10-8)6(11)12/h4H,8H2,1-3H3,(H,11,12). The molecule has 0 radical (unpaired) electrons. The fraction of sp³-hybridized carbons (Fsp3) is 0.571. The maximum Gasteiger partial charge on any atom is 0.357 e. The van der Waals surface area contributed by atoms with E-state index in [2.05, 4.69) is 10.1 Å². The lowest BCUT2D eigenvalue weighted by Gasteiger charge is -2.10. The molecule has 0 aliphatic carbocycles. The van der Waals surface area contributed by atoms with Crippen molar-refractivity contribution in [1.29, 1.82) is 0 Å². The van der Waals surface area contributed by atoms with E-state index in [1.54, 1.807) is 0 Å². The van der Waals surface area contributed by atoms with Crippen LogP contribution in [-0.4, -0.2) is 28.5 Å². The molecule has 12 heavy (non-hydrogen) atoms. The second kappa shape index (κ2) is 3.85. The summed E-state index contributed by atoms with van der Waals surface area (Å²) in [5.74, 6) is 3.64. The van der Waals surface area contributed by atoms with E-state index >= 15 is 0 Å². The first-order valence-corrected chi connectivity index (χ1v) is 3.43. The van der Waals surface area contributed by atoms with E-state index in [-0.39, 0.29) is 11.3 Å². The van der Waals surface area contributed by atoms with Gasteiger partial charge in [-0.15, -0.1) is 0 Å². The van der Waals surface area contributed by atoms with Gasteiger partial charge in [0.2, 0.25) is 0 Å². The molecule has 0 unspecified atom stereocenters. The normalized spacial score (nSPS) is 13.8. The first-order chi connectivity index (χ1) is 5.37. The Morgan fingerprint density at radius 3 is 2.25 bits per heavy atom. The average molecular weight is 171 g/mol. The van der Waals surface area contributed by atoms with Crippen LogP contribution in [0, 0.1) is 0 Å². The van der Waals surface area contributed by atoms with E-state index in [4.69, 9.17) is 10.9 Å². The molecular formula is C7H13N3O2. The summed E-state index contributed by atoms with van der Waals surface area (Å²) in [5, 5.41) is 11.5. The molecule has 0 aliphatic rings. The van der Waals surface area contributed by atoms with Crippen molar-refractivity contribution in [3.63, 3.8) is 0 Å². The molecule has 68 valence electrons. The van der Waals surface area contributed by atoms with E-state index in [9.17, 15) is 4.79 Å². The highest BCUT2D eigenvalue weighted by atomic mass is 16.4. The lowest BCUT2D eigenvalue weighted by Crippen LogP contribution is -2.19. The molecule has 0 aromatic rings. The molecule has 0 aromatic heterocycles. The third kappa shape index (κ3) is 4.43. The van der Waals surface area contributed by atoms with E-state index in [0.29, 0.717) is 0 Å². The highest BCUT2D eigenvalue weighted by Crippen LogP contribution is 2.04. The Kier molecular flexibility index (Phi) is 3.40. The molecule has 0 saturated carbocycles. The number of hydrazone groups is 1. The number of nitrogens with two attached hydrogens (primary N) is 1. The summed E-state index contributed by atoms with van der Waals surface area (Å²) >= 11 is 0. The monoisotopic (exact) mass is 171 g/mol. The van der Waals surface area contributed by atoms with E-state index in [0.717, 1.165) is 6.21 Å². The Hall–Kier alpha value is -1.39. The van der Waals surface area contributed by atoms with Gasteiger partial charge in [0.15, 0.2) is 5.71 Å². The third-order valence-corrected chi connectivity index (χ3v) is 0.932. The van der Waals surface area contributed by atoms with E-state index in [1.165, 1.54) is 0 Å². The molecular weight excluding hydrogens is 158 g/mol. The number of rotatable bonds is 2. The van der Waals surface area contributed by atoms with E-state index < -0.39 is 5.97 Å². The minimum atomic E-state index is -1.18. The van der Waals surface area contributed by atoms with Gasteiger partial charge < -0.3 is 10.9 Å². The number of hydrogen-bond donors (Lipinski definition) is 2.